The van der Waals surface area contributed by atoms with Crippen molar-refractivity contribution >= 4 is 45.0 Å². The molecule has 0 aromatic heterocycles. The number of halogens is 2. The van der Waals surface area contributed by atoms with Crippen molar-refractivity contribution in [3.63, 3.8) is 0 Å². The summed E-state index contributed by atoms with van der Waals surface area (Å²) in [5.74, 6) is -1.95. The molecule has 1 fully saturated rings. The Kier molecular flexibility index (Phi) is 7.82. The highest BCUT2D eigenvalue weighted by Gasteiger charge is 2.57. The molecular formula is C22H23Cl2NO6S. The third-order valence-electron chi connectivity index (χ3n) is 5.19. The number of ether oxygens (including phenoxy) is 2. The lowest BCUT2D eigenvalue weighted by Gasteiger charge is -2.40. The van der Waals surface area contributed by atoms with Crippen LogP contribution in [-0.2, 0) is 28.9 Å². The molecule has 4 unspecified atom stereocenters. The zero-order chi connectivity index (χ0) is 23.5. The zero-order valence-corrected chi connectivity index (χ0v) is 19.8. The quantitative estimate of drug-likeness (QED) is 0.605. The normalized spacial score (nSPS) is 24.5. The van der Waals surface area contributed by atoms with Crippen molar-refractivity contribution in [3.05, 3.63) is 69.7 Å². The maximum atomic E-state index is 13.8. The molecule has 172 valence electrons. The first-order valence-electron chi connectivity index (χ1n) is 10.0. The maximum Gasteiger partial charge on any atom is 0.326 e. The number of sulfone groups is 1. The fourth-order valence-electron chi connectivity index (χ4n) is 3.86. The van der Waals surface area contributed by atoms with Gasteiger partial charge in [-0.2, -0.15) is 0 Å². The Morgan fingerprint density at radius 2 is 1.19 bits per heavy atom. The molecule has 3 rings (SSSR count). The molecule has 2 aromatic rings. The molecule has 0 bridgehead atoms. The number of hydrogen-bond donors (Lipinski definition) is 1. The highest BCUT2D eigenvalue weighted by molar-refractivity contribution is 7.94. The molecule has 4 atom stereocenters. The fourth-order valence-corrected chi connectivity index (χ4v) is 6.56. The first-order valence-corrected chi connectivity index (χ1v) is 12.4. The van der Waals surface area contributed by atoms with Crippen LogP contribution in [0.1, 0.15) is 37.1 Å². The van der Waals surface area contributed by atoms with E-state index in [4.69, 9.17) is 32.7 Å². The molecule has 1 saturated heterocycles. The Labute approximate surface area is 196 Å². The summed E-state index contributed by atoms with van der Waals surface area (Å²) in [6.07, 6.45) is 0. The smallest absolute Gasteiger partial charge is 0.326 e. The van der Waals surface area contributed by atoms with Crippen molar-refractivity contribution in [1.29, 1.82) is 0 Å². The summed E-state index contributed by atoms with van der Waals surface area (Å²) >= 11 is 12.7. The SMILES string of the molecule is CCOC(=O)C1C(c2ccccc2Cl)NC(c2ccccc2Cl)C(C(=O)OCC)S1(=O)=O. The first kappa shape index (κ1) is 24.5. The molecule has 7 nitrogen and oxygen atoms in total. The van der Waals surface area contributed by atoms with Gasteiger partial charge in [-0.1, -0.05) is 59.6 Å². The second kappa shape index (κ2) is 10.2. The van der Waals surface area contributed by atoms with Gasteiger partial charge in [-0.25, -0.2) is 8.42 Å². The largest absolute Gasteiger partial charge is 0.465 e. The first-order chi connectivity index (χ1) is 15.2. The van der Waals surface area contributed by atoms with Crippen LogP contribution in [0.15, 0.2) is 48.5 Å². The van der Waals surface area contributed by atoms with Crippen LogP contribution in [0.3, 0.4) is 0 Å². The monoisotopic (exact) mass is 499 g/mol. The lowest BCUT2D eigenvalue weighted by atomic mass is 9.96. The molecule has 0 aliphatic carbocycles. The van der Waals surface area contributed by atoms with Gasteiger partial charge in [-0.3, -0.25) is 14.9 Å². The highest BCUT2D eigenvalue weighted by Crippen LogP contribution is 2.42. The van der Waals surface area contributed by atoms with E-state index in [2.05, 4.69) is 5.32 Å². The summed E-state index contributed by atoms with van der Waals surface area (Å²) in [6, 6.07) is 11.0. The molecule has 1 aliphatic rings. The number of benzene rings is 2. The second-order valence-corrected chi connectivity index (χ2v) is 10.1. The van der Waals surface area contributed by atoms with Crippen molar-refractivity contribution < 1.29 is 27.5 Å². The van der Waals surface area contributed by atoms with Gasteiger partial charge < -0.3 is 9.47 Å². The molecule has 1 aliphatic heterocycles. The van der Waals surface area contributed by atoms with E-state index in [0.29, 0.717) is 11.1 Å². The van der Waals surface area contributed by atoms with Gasteiger partial charge in [0.1, 0.15) is 0 Å². The Hall–Kier alpha value is -2.13. The number of rotatable bonds is 6. The summed E-state index contributed by atoms with van der Waals surface area (Å²) < 4.78 is 37.8. The topological polar surface area (TPSA) is 98.8 Å². The van der Waals surface area contributed by atoms with Crippen LogP contribution in [0, 0.1) is 0 Å². The summed E-state index contributed by atoms with van der Waals surface area (Å²) in [7, 11) is -4.46. The number of hydrogen-bond acceptors (Lipinski definition) is 7. The van der Waals surface area contributed by atoms with Crippen LogP contribution in [0.25, 0.3) is 0 Å². The third kappa shape index (κ3) is 4.64. The van der Waals surface area contributed by atoms with Gasteiger partial charge in [0.05, 0.1) is 25.3 Å². The van der Waals surface area contributed by atoms with E-state index < -0.39 is 44.4 Å². The Morgan fingerprint density at radius 1 is 0.812 bits per heavy atom. The van der Waals surface area contributed by atoms with Gasteiger partial charge in [0, 0.05) is 10.0 Å². The van der Waals surface area contributed by atoms with E-state index in [9.17, 15) is 18.0 Å². The number of esters is 2. The molecule has 0 radical (unpaired) electrons. The Bertz CT molecular complexity index is 1030. The zero-order valence-electron chi connectivity index (χ0n) is 17.5. The third-order valence-corrected chi connectivity index (χ3v) is 8.22. The fraction of sp³-hybridized carbons (Fsp3) is 0.364. The molecule has 0 amide bonds. The van der Waals surface area contributed by atoms with Gasteiger partial charge >= 0.3 is 11.9 Å². The lowest BCUT2D eigenvalue weighted by molar-refractivity contribution is -0.144. The van der Waals surface area contributed by atoms with Gasteiger partial charge in [-0.15, -0.1) is 0 Å². The van der Waals surface area contributed by atoms with Crippen molar-refractivity contribution in [3.8, 4) is 0 Å². The standard InChI is InChI=1S/C22H23Cl2NO6S/c1-3-30-21(26)19-17(13-9-5-7-11-15(13)23)25-18(14-10-6-8-12-16(14)24)20(32(19,28)29)22(27)31-4-2/h5-12,17-20,25H,3-4H2,1-2H3. The van der Waals surface area contributed by atoms with Crippen LogP contribution >= 0.6 is 23.2 Å². The summed E-state index contributed by atoms with van der Waals surface area (Å²) in [4.78, 5) is 25.8. The van der Waals surface area contributed by atoms with Gasteiger partial charge in [0.15, 0.2) is 20.3 Å². The minimum absolute atomic E-state index is 0.0297. The average Bonchev–Trinajstić information content (AvgIpc) is 2.73. The average molecular weight is 500 g/mol. The number of carbonyl (C=O) groups is 2. The summed E-state index contributed by atoms with van der Waals surface area (Å²) in [5, 5.41) is 0.259. The molecular weight excluding hydrogens is 477 g/mol. The molecule has 1 heterocycles. The Morgan fingerprint density at radius 3 is 1.53 bits per heavy atom. The number of carbonyl (C=O) groups excluding carboxylic acids is 2. The van der Waals surface area contributed by atoms with Gasteiger partial charge in [0.25, 0.3) is 0 Å². The molecule has 32 heavy (non-hydrogen) atoms. The van der Waals surface area contributed by atoms with E-state index in [0.717, 1.165) is 0 Å². The van der Waals surface area contributed by atoms with Gasteiger partial charge in [0.2, 0.25) is 0 Å². The molecule has 10 heteroatoms. The minimum Gasteiger partial charge on any atom is -0.465 e. The van der Waals surface area contributed by atoms with E-state index in [1.54, 1.807) is 62.4 Å². The highest BCUT2D eigenvalue weighted by atomic mass is 35.5. The Balaban J connectivity index is 2.25. The van der Waals surface area contributed by atoms with Crippen molar-refractivity contribution in [2.24, 2.45) is 0 Å². The van der Waals surface area contributed by atoms with Gasteiger partial charge in [-0.05, 0) is 37.1 Å². The minimum atomic E-state index is -4.46. The van der Waals surface area contributed by atoms with Crippen LogP contribution in [0.2, 0.25) is 10.0 Å². The second-order valence-electron chi connectivity index (χ2n) is 7.10. The van der Waals surface area contributed by atoms with Crippen molar-refractivity contribution in [2.45, 2.75) is 36.4 Å². The van der Waals surface area contributed by atoms with Crippen LogP contribution < -0.4 is 5.32 Å². The molecule has 0 saturated carbocycles. The molecule has 0 spiro atoms. The van der Waals surface area contributed by atoms with Crippen molar-refractivity contribution in [2.75, 3.05) is 13.2 Å². The molecule has 1 N–H and O–H groups in total. The predicted molar refractivity (Wildman–Crippen MR) is 121 cm³/mol. The van der Waals surface area contributed by atoms with E-state index >= 15 is 0 Å². The van der Waals surface area contributed by atoms with E-state index in [1.165, 1.54) is 0 Å². The van der Waals surface area contributed by atoms with Crippen LogP contribution in [-0.4, -0.2) is 44.1 Å². The van der Waals surface area contributed by atoms with Crippen LogP contribution in [0.4, 0.5) is 0 Å². The summed E-state index contributed by atoms with van der Waals surface area (Å²) in [6.45, 7) is 3.08. The van der Waals surface area contributed by atoms with E-state index in [-0.39, 0.29) is 23.3 Å². The molecule has 2 aromatic carbocycles. The number of nitrogens with one attached hydrogen (secondary N) is 1. The summed E-state index contributed by atoms with van der Waals surface area (Å²) in [5.41, 5.74) is 0.769. The van der Waals surface area contributed by atoms with E-state index in [1.807, 2.05) is 0 Å². The predicted octanol–water partition coefficient (Wildman–Crippen LogP) is 3.66. The van der Waals surface area contributed by atoms with Crippen LogP contribution in [0.5, 0.6) is 0 Å². The lowest BCUT2D eigenvalue weighted by Crippen LogP contribution is -2.59. The van der Waals surface area contributed by atoms with Crippen molar-refractivity contribution in [1.82, 2.24) is 5.32 Å². The maximum absolute atomic E-state index is 13.8.